The number of Topliss-reactive ketones (excluding diaryl/α,β-unsaturated/α-hetero) is 1. The number of rotatable bonds is 3. The van der Waals surface area contributed by atoms with Crippen LogP contribution in [0.25, 0.3) is 0 Å². The predicted octanol–water partition coefficient (Wildman–Crippen LogP) is 3.34. The standard InChI is InChI=1S/C16H22FNO2/c1-11-8-15(13(12(2)19)9-14(11)17)18-7-5-6-16(3,10-18)20-4/h8-9H,5-7,10H2,1-4H3. The highest BCUT2D eigenvalue weighted by Crippen LogP contribution is 2.31. The highest BCUT2D eigenvalue weighted by molar-refractivity contribution is 6.00. The molecule has 1 saturated heterocycles. The molecule has 0 bridgehead atoms. The number of piperidine rings is 1. The van der Waals surface area contributed by atoms with E-state index in [9.17, 15) is 9.18 Å². The van der Waals surface area contributed by atoms with Gasteiger partial charge < -0.3 is 9.64 Å². The van der Waals surface area contributed by atoms with Gasteiger partial charge in [0.2, 0.25) is 0 Å². The molecule has 1 atom stereocenters. The smallest absolute Gasteiger partial charge is 0.161 e. The summed E-state index contributed by atoms with van der Waals surface area (Å²) in [5.74, 6) is -0.436. The number of hydrogen-bond acceptors (Lipinski definition) is 3. The molecular formula is C16H22FNO2. The molecule has 0 saturated carbocycles. The third-order valence-electron chi connectivity index (χ3n) is 4.15. The first kappa shape index (κ1) is 15.0. The summed E-state index contributed by atoms with van der Waals surface area (Å²) < 4.78 is 19.3. The zero-order valence-electron chi connectivity index (χ0n) is 12.6. The minimum Gasteiger partial charge on any atom is -0.377 e. The van der Waals surface area contributed by atoms with Crippen LogP contribution in [0.3, 0.4) is 0 Å². The van der Waals surface area contributed by atoms with Gasteiger partial charge in [-0.3, -0.25) is 4.79 Å². The van der Waals surface area contributed by atoms with Crippen molar-refractivity contribution in [2.24, 2.45) is 0 Å². The molecule has 0 spiro atoms. The van der Waals surface area contributed by atoms with Crippen LogP contribution in [0.2, 0.25) is 0 Å². The molecule has 0 aromatic heterocycles. The van der Waals surface area contributed by atoms with Crippen LogP contribution in [0.4, 0.5) is 10.1 Å². The van der Waals surface area contributed by atoms with Gasteiger partial charge >= 0.3 is 0 Å². The Hall–Kier alpha value is -1.42. The van der Waals surface area contributed by atoms with Crippen molar-refractivity contribution in [2.45, 2.75) is 39.2 Å². The Balaban J connectivity index is 2.41. The molecule has 1 aliphatic heterocycles. The largest absolute Gasteiger partial charge is 0.377 e. The lowest BCUT2D eigenvalue weighted by molar-refractivity contribution is -0.00469. The van der Waals surface area contributed by atoms with Gasteiger partial charge in [-0.25, -0.2) is 4.39 Å². The SMILES string of the molecule is COC1(C)CCCN(c2cc(C)c(F)cc2C(C)=O)C1. The Labute approximate surface area is 119 Å². The third-order valence-corrected chi connectivity index (χ3v) is 4.15. The average Bonchev–Trinajstić information content (AvgIpc) is 2.41. The molecule has 2 rings (SSSR count). The molecule has 1 aromatic carbocycles. The van der Waals surface area contributed by atoms with Crippen molar-refractivity contribution in [1.29, 1.82) is 0 Å². The Bertz CT molecular complexity index is 529. The van der Waals surface area contributed by atoms with Crippen molar-refractivity contribution in [3.63, 3.8) is 0 Å². The summed E-state index contributed by atoms with van der Waals surface area (Å²) in [4.78, 5) is 13.9. The second kappa shape index (κ2) is 5.52. The van der Waals surface area contributed by atoms with Gasteiger partial charge in [-0.15, -0.1) is 0 Å². The molecule has 4 heteroatoms. The second-order valence-electron chi connectivity index (χ2n) is 5.85. The van der Waals surface area contributed by atoms with Gasteiger partial charge in [0.05, 0.1) is 5.60 Å². The van der Waals surface area contributed by atoms with Crippen LogP contribution in [-0.4, -0.2) is 31.6 Å². The molecule has 0 amide bonds. The van der Waals surface area contributed by atoms with Crippen LogP contribution in [0, 0.1) is 12.7 Å². The van der Waals surface area contributed by atoms with E-state index in [1.54, 1.807) is 20.1 Å². The maximum absolute atomic E-state index is 13.7. The number of ether oxygens (including phenoxy) is 1. The Kier molecular flexibility index (Phi) is 4.14. The fourth-order valence-corrected chi connectivity index (χ4v) is 2.79. The molecule has 0 aliphatic carbocycles. The summed E-state index contributed by atoms with van der Waals surface area (Å²) in [6.07, 6.45) is 1.99. The van der Waals surface area contributed by atoms with Crippen LogP contribution in [-0.2, 0) is 4.74 Å². The summed E-state index contributed by atoms with van der Waals surface area (Å²) in [5.41, 5.74) is 1.62. The number of carbonyl (C=O) groups excluding carboxylic acids is 1. The number of aryl methyl sites for hydroxylation is 1. The summed E-state index contributed by atoms with van der Waals surface area (Å²) >= 11 is 0. The lowest BCUT2D eigenvalue weighted by Gasteiger charge is -2.41. The summed E-state index contributed by atoms with van der Waals surface area (Å²) in [6, 6.07) is 3.12. The van der Waals surface area contributed by atoms with Crippen LogP contribution in [0.5, 0.6) is 0 Å². The lowest BCUT2D eigenvalue weighted by Crippen LogP contribution is -2.47. The first-order chi connectivity index (χ1) is 9.36. The Morgan fingerprint density at radius 1 is 1.45 bits per heavy atom. The second-order valence-corrected chi connectivity index (χ2v) is 5.85. The van der Waals surface area contributed by atoms with Crippen molar-refractivity contribution in [2.75, 3.05) is 25.1 Å². The van der Waals surface area contributed by atoms with Crippen molar-refractivity contribution >= 4 is 11.5 Å². The number of ketones is 1. The van der Waals surface area contributed by atoms with E-state index in [0.29, 0.717) is 11.1 Å². The summed E-state index contributed by atoms with van der Waals surface area (Å²) in [6.45, 7) is 6.86. The van der Waals surface area contributed by atoms with Crippen LogP contribution in [0.15, 0.2) is 12.1 Å². The van der Waals surface area contributed by atoms with Gasteiger partial charge in [-0.05, 0) is 51.3 Å². The fourth-order valence-electron chi connectivity index (χ4n) is 2.79. The van der Waals surface area contributed by atoms with Gasteiger partial charge in [0.25, 0.3) is 0 Å². The molecule has 20 heavy (non-hydrogen) atoms. The van der Waals surface area contributed by atoms with Gasteiger partial charge in [0.15, 0.2) is 5.78 Å². The number of carbonyl (C=O) groups is 1. The van der Waals surface area contributed by atoms with Gasteiger partial charge in [-0.2, -0.15) is 0 Å². The van der Waals surface area contributed by atoms with Crippen molar-refractivity contribution < 1.29 is 13.9 Å². The maximum atomic E-state index is 13.7. The first-order valence-corrected chi connectivity index (χ1v) is 6.97. The highest BCUT2D eigenvalue weighted by atomic mass is 19.1. The monoisotopic (exact) mass is 279 g/mol. The van der Waals surface area contributed by atoms with Crippen LogP contribution < -0.4 is 4.90 Å². The number of anilines is 1. The van der Waals surface area contributed by atoms with E-state index >= 15 is 0 Å². The minimum absolute atomic E-state index is 0.108. The molecule has 0 radical (unpaired) electrons. The molecule has 3 nitrogen and oxygen atoms in total. The Morgan fingerprint density at radius 3 is 2.75 bits per heavy atom. The predicted molar refractivity (Wildman–Crippen MR) is 78.0 cm³/mol. The van der Waals surface area contributed by atoms with Crippen LogP contribution >= 0.6 is 0 Å². The zero-order valence-corrected chi connectivity index (χ0v) is 12.6. The lowest BCUT2D eigenvalue weighted by atomic mass is 9.93. The van der Waals surface area contributed by atoms with E-state index in [2.05, 4.69) is 11.8 Å². The molecule has 1 heterocycles. The third kappa shape index (κ3) is 2.85. The normalized spacial score (nSPS) is 22.9. The number of benzene rings is 1. The molecule has 110 valence electrons. The van der Waals surface area contributed by atoms with E-state index in [0.717, 1.165) is 31.6 Å². The molecule has 1 fully saturated rings. The molecular weight excluding hydrogens is 257 g/mol. The molecule has 0 N–H and O–H groups in total. The van der Waals surface area contributed by atoms with E-state index in [1.165, 1.54) is 13.0 Å². The van der Waals surface area contributed by atoms with Crippen molar-refractivity contribution in [3.05, 3.63) is 29.1 Å². The number of hydrogen-bond donors (Lipinski definition) is 0. The van der Waals surface area contributed by atoms with Crippen molar-refractivity contribution in [3.8, 4) is 0 Å². The maximum Gasteiger partial charge on any atom is 0.161 e. The van der Waals surface area contributed by atoms with Crippen molar-refractivity contribution in [1.82, 2.24) is 0 Å². The van der Waals surface area contributed by atoms with E-state index in [-0.39, 0.29) is 17.2 Å². The number of nitrogens with zero attached hydrogens (tertiary/aromatic N) is 1. The number of methoxy groups -OCH3 is 1. The quantitative estimate of drug-likeness (QED) is 0.795. The van der Waals surface area contributed by atoms with Gasteiger partial charge in [0, 0.05) is 31.5 Å². The highest BCUT2D eigenvalue weighted by Gasteiger charge is 2.32. The zero-order chi connectivity index (χ0) is 14.9. The summed E-state index contributed by atoms with van der Waals surface area (Å²) in [5, 5.41) is 0. The van der Waals surface area contributed by atoms with E-state index < -0.39 is 0 Å². The van der Waals surface area contributed by atoms with E-state index in [4.69, 9.17) is 4.74 Å². The Morgan fingerprint density at radius 2 is 2.15 bits per heavy atom. The first-order valence-electron chi connectivity index (χ1n) is 6.97. The fraction of sp³-hybridized carbons (Fsp3) is 0.562. The van der Waals surface area contributed by atoms with Gasteiger partial charge in [-0.1, -0.05) is 0 Å². The molecule has 1 aromatic rings. The number of halogens is 1. The minimum atomic E-state index is -0.328. The average molecular weight is 279 g/mol. The van der Waals surface area contributed by atoms with Crippen LogP contribution in [0.1, 0.15) is 42.6 Å². The van der Waals surface area contributed by atoms with E-state index in [1.807, 2.05) is 0 Å². The molecule has 1 unspecified atom stereocenters. The molecule has 1 aliphatic rings. The summed E-state index contributed by atoms with van der Waals surface area (Å²) in [7, 11) is 1.71. The topological polar surface area (TPSA) is 29.5 Å². The van der Waals surface area contributed by atoms with Gasteiger partial charge in [0.1, 0.15) is 5.82 Å².